The Bertz CT molecular complexity index is 396. The number of nitrogens with one attached hydrogen (secondary N) is 1. The predicted octanol–water partition coefficient (Wildman–Crippen LogP) is 1.45. The Kier molecular flexibility index (Phi) is 4.26. The number of phenolic OH excluding ortho intramolecular Hbond substituents is 1. The minimum absolute atomic E-state index is 0.0398. The first kappa shape index (κ1) is 13.7. The Morgan fingerprint density at radius 2 is 2.06 bits per heavy atom. The van der Waals surface area contributed by atoms with Gasteiger partial charge in [0.1, 0.15) is 12.0 Å². The molecule has 1 aromatic carbocycles. The lowest BCUT2D eigenvalue weighted by Crippen LogP contribution is -2.44. The van der Waals surface area contributed by atoms with Gasteiger partial charge in [0.25, 0.3) is 0 Å². The van der Waals surface area contributed by atoms with E-state index in [1.54, 1.807) is 12.1 Å². The molecule has 0 heterocycles. The zero-order chi connectivity index (χ0) is 13.1. The standard InChI is InChI=1S/C13H19NO3/c1-13(2,3)14-12(17)7-9-4-5-11(16)10(6-9)8-15/h4-6,8,12,14,16-17H,7H2,1-3H3. The van der Waals surface area contributed by atoms with E-state index in [0.29, 0.717) is 12.7 Å². The van der Waals surface area contributed by atoms with Crippen LogP contribution in [-0.2, 0) is 6.42 Å². The van der Waals surface area contributed by atoms with Gasteiger partial charge in [0.2, 0.25) is 0 Å². The first-order valence-electron chi connectivity index (χ1n) is 5.54. The summed E-state index contributed by atoms with van der Waals surface area (Å²) in [6, 6.07) is 4.73. The van der Waals surface area contributed by atoms with Crippen LogP contribution in [0.2, 0.25) is 0 Å². The molecule has 1 atom stereocenters. The molecule has 0 amide bonds. The third-order valence-corrected chi connectivity index (χ3v) is 2.25. The van der Waals surface area contributed by atoms with Crippen LogP contribution in [-0.4, -0.2) is 28.3 Å². The van der Waals surface area contributed by atoms with Crippen LogP contribution in [0, 0.1) is 0 Å². The fourth-order valence-corrected chi connectivity index (χ4v) is 1.60. The van der Waals surface area contributed by atoms with E-state index in [0.717, 1.165) is 5.56 Å². The van der Waals surface area contributed by atoms with E-state index < -0.39 is 6.23 Å². The maximum Gasteiger partial charge on any atom is 0.153 e. The third kappa shape index (κ3) is 4.54. The highest BCUT2D eigenvalue weighted by atomic mass is 16.3. The van der Waals surface area contributed by atoms with Crippen LogP contribution < -0.4 is 5.32 Å². The first-order valence-corrected chi connectivity index (χ1v) is 5.54. The van der Waals surface area contributed by atoms with E-state index in [9.17, 15) is 15.0 Å². The lowest BCUT2D eigenvalue weighted by atomic mass is 10.0. The highest BCUT2D eigenvalue weighted by Gasteiger charge is 2.15. The molecule has 0 spiro atoms. The summed E-state index contributed by atoms with van der Waals surface area (Å²) in [4.78, 5) is 10.7. The SMILES string of the molecule is CC(C)(C)NC(O)Cc1ccc(O)c(C=O)c1. The van der Waals surface area contributed by atoms with Crippen molar-refractivity contribution in [2.75, 3.05) is 0 Å². The first-order chi connectivity index (χ1) is 7.81. The van der Waals surface area contributed by atoms with E-state index in [1.165, 1.54) is 6.07 Å². The molecule has 4 nitrogen and oxygen atoms in total. The van der Waals surface area contributed by atoms with Gasteiger partial charge in [-0.15, -0.1) is 0 Å². The van der Waals surface area contributed by atoms with Crippen LogP contribution in [0.5, 0.6) is 5.75 Å². The van der Waals surface area contributed by atoms with Crippen LogP contribution in [0.3, 0.4) is 0 Å². The highest BCUT2D eigenvalue weighted by Crippen LogP contribution is 2.17. The molecule has 0 fully saturated rings. The molecule has 4 heteroatoms. The Balaban J connectivity index is 2.72. The minimum Gasteiger partial charge on any atom is -0.507 e. The van der Waals surface area contributed by atoms with Crippen molar-refractivity contribution in [2.45, 2.75) is 39.0 Å². The molecular formula is C13H19NO3. The second kappa shape index (κ2) is 5.29. The summed E-state index contributed by atoms with van der Waals surface area (Å²) < 4.78 is 0. The summed E-state index contributed by atoms with van der Waals surface area (Å²) in [7, 11) is 0. The minimum atomic E-state index is -0.681. The third-order valence-electron chi connectivity index (χ3n) is 2.25. The number of aldehydes is 1. The zero-order valence-electron chi connectivity index (χ0n) is 10.4. The molecule has 1 aromatic rings. The second-order valence-electron chi connectivity index (χ2n) is 5.13. The number of carbonyl (C=O) groups is 1. The van der Waals surface area contributed by atoms with Gasteiger partial charge in [0, 0.05) is 12.0 Å². The van der Waals surface area contributed by atoms with Crippen molar-refractivity contribution in [3.63, 3.8) is 0 Å². The van der Waals surface area contributed by atoms with Crippen LogP contribution in [0.25, 0.3) is 0 Å². The van der Waals surface area contributed by atoms with Crippen molar-refractivity contribution in [2.24, 2.45) is 0 Å². The number of hydrogen-bond donors (Lipinski definition) is 3. The molecule has 1 unspecified atom stereocenters. The van der Waals surface area contributed by atoms with Crippen molar-refractivity contribution in [1.29, 1.82) is 0 Å². The summed E-state index contributed by atoms with van der Waals surface area (Å²) >= 11 is 0. The van der Waals surface area contributed by atoms with Crippen molar-refractivity contribution in [3.8, 4) is 5.75 Å². The van der Waals surface area contributed by atoms with Gasteiger partial charge in [-0.05, 0) is 38.5 Å². The number of aromatic hydroxyl groups is 1. The van der Waals surface area contributed by atoms with Crippen molar-refractivity contribution in [3.05, 3.63) is 29.3 Å². The maximum absolute atomic E-state index is 10.7. The normalized spacial score (nSPS) is 13.4. The van der Waals surface area contributed by atoms with Crippen LogP contribution in [0.15, 0.2) is 18.2 Å². The molecule has 94 valence electrons. The lowest BCUT2D eigenvalue weighted by Gasteiger charge is -2.25. The Morgan fingerprint density at radius 1 is 1.41 bits per heavy atom. The highest BCUT2D eigenvalue weighted by molar-refractivity contribution is 5.79. The van der Waals surface area contributed by atoms with Crippen molar-refractivity contribution < 1.29 is 15.0 Å². The van der Waals surface area contributed by atoms with Crippen LogP contribution >= 0.6 is 0 Å². The number of aliphatic hydroxyl groups is 1. The summed E-state index contributed by atoms with van der Waals surface area (Å²) in [6.07, 6.45) is 0.305. The van der Waals surface area contributed by atoms with Gasteiger partial charge < -0.3 is 10.2 Å². The van der Waals surface area contributed by atoms with Gasteiger partial charge in [0.15, 0.2) is 6.29 Å². The second-order valence-corrected chi connectivity index (χ2v) is 5.13. The monoisotopic (exact) mass is 237 g/mol. The van der Waals surface area contributed by atoms with Gasteiger partial charge in [0.05, 0.1) is 5.56 Å². The average molecular weight is 237 g/mol. The summed E-state index contributed by atoms with van der Waals surface area (Å²) in [5.74, 6) is -0.0398. The van der Waals surface area contributed by atoms with E-state index in [-0.39, 0.29) is 16.9 Å². The maximum atomic E-state index is 10.7. The Labute approximate surface area is 101 Å². The number of carbonyl (C=O) groups excluding carboxylic acids is 1. The number of aliphatic hydroxyl groups excluding tert-OH is 1. The summed E-state index contributed by atoms with van der Waals surface area (Å²) in [6.45, 7) is 5.89. The molecule has 1 rings (SSSR count). The topological polar surface area (TPSA) is 69.6 Å². The fourth-order valence-electron chi connectivity index (χ4n) is 1.60. The zero-order valence-corrected chi connectivity index (χ0v) is 10.4. The molecule has 0 aromatic heterocycles. The average Bonchev–Trinajstić information content (AvgIpc) is 2.18. The number of rotatable bonds is 4. The molecule has 3 N–H and O–H groups in total. The summed E-state index contributed by atoms with van der Waals surface area (Å²) in [5.41, 5.74) is 0.865. The van der Waals surface area contributed by atoms with Crippen molar-refractivity contribution in [1.82, 2.24) is 5.32 Å². The molecule has 0 radical (unpaired) electrons. The van der Waals surface area contributed by atoms with E-state index in [4.69, 9.17) is 0 Å². The van der Waals surface area contributed by atoms with E-state index >= 15 is 0 Å². The number of phenols is 1. The predicted molar refractivity (Wildman–Crippen MR) is 66.1 cm³/mol. The molecule has 0 bridgehead atoms. The quantitative estimate of drug-likeness (QED) is 0.547. The van der Waals surface area contributed by atoms with E-state index in [1.807, 2.05) is 20.8 Å². The van der Waals surface area contributed by atoms with Gasteiger partial charge in [-0.25, -0.2) is 0 Å². The fraction of sp³-hybridized carbons (Fsp3) is 0.462. The molecule has 0 aliphatic carbocycles. The van der Waals surface area contributed by atoms with Gasteiger partial charge in [-0.1, -0.05) is 6.07 Å². The van der Waals surface area contributed by atoms with Gasteiger partial charge in [-0.3, -0.25) is 10.1 Å². The molecule has 17 heavy (non-hydrogen) atoms. The molecule has 0 saturated carbocycles. The number of benzene rings is 1. The number of hydrogen-bond acceptors (Lipinski definition) is 4. The Hall–Kier alpha value is -1.39. The van der Waals surface area contributed by atoms with Crippen LogP contribution in [0.4, 0.5) is 0 Å². The largest absolute Gasteiger partial charge is 0.507 e. The van der Waals surface area contributed by atoms with E-state index in [2.05, 4.69) is 5.32 Å². The van der Waals surface area contributed by atoms with Gasteiger partial charge >= 0.3 is 0 Å². The van der Waals surface area contributed by atoms with Crippen LogP contribution in [0.1, 0.15) is 36.7 Å². The molecule has 0 saturated heterocycles. The Morgan fingerprint density at radius 3 is 2.59 bits per heavy atom. The summed E-state index contributed by atoms with van der Waals surface area (Å²) in [5, 5.41) is 22.2. The lowest BCUT2D eigenvalue weighted by molar-refractivity contribution is 0.106. The van der Waals surface area contributed by atoms with Crippen molar-refractivity contribution >= 4 is 6.29 Å². The smallest absolute Gasteiger partial charge is 0.153 e. The van der Waals surface area contributed by atoms with Gasteiger partial charge in [-0.2, -0.15) is 0 Å². The molecule has 0 aliphatic heterocycles. The molecule has 0 aliphatic rings. The molecular weight excluding hydrogens is 218 g/mol.